The maximum atomic E-state index is 11.5. The Morgan fingerprint density at radius 1 is 1.50 bits per heavy atom. The lowest BCUT2D eigenvalue weighted by atomic mass is 10.4. The fraction of sp³-hybridized carbons (Fsp3) is 0.545. The molecule has 0 atom stereocenters. The van der Waals surface area contributed by atoms with Crippen LogP contribution in [0.1, 0.15) is 12.8 Å². The summed E-state index contributed by atoms with van der Waals surface area (Å²) in [5, 5.41) is 11.2. The van der Waals surface area contributed by atoms with E-state index >= 15 is 0 Å². The summed E-state index contributed by atoms with van der Waals surface area (Å²) in [6, 6.07) is -0.248. The summed E-state index contributed by atoms with van der Waals surface area (Å²) in [5.74, 6) is -0.908. The van der Waals surface area contributed by atoms with Crippen LogP contribution in [0.3, 0.4) is 0 Å². The SMILES string of the molecule is CN(CCC(=O)O)C(=O)NCCCn1ccnc1. The molecule has 7 nitrogen and oxygen atoms in total. The van der Waals surface area contributed by atoms with Gasteiger partial charge in [-0.3, -0.25) is 4.79 Å². The number of carboxylic acid groups (broad SMARTS) is 1. The monoisotopic (exact) mass is 254 g/mol. The van der Waals surface area contributed by atoms with Crippen LogP contribution in [-0.4, -0.2) is 51.7 Å². The highest BCUT2D eigenvalue weighted by Gasteiger charge is 2.08. The minimum atomic E-state index is -0.908. The summed E-state index contributed by atoms with van der Waals surface area (Å²) in [6.45, 7) is 1.55. The third kappa shape index (κ3) is 5.33. The van der Waals surface area contributed by atoms with Crippen molar-refractivity contribution in [3.8, 4) is 0 Å². The van der Waals surface area contributed by atoms with Gasteiger partial charge in [0.25, 0.3) is 0 Å². The molecule has 0 unspecified atom stereocenters. The number of aromatic nitrogens is 2. The van der Waals surface area contributed by atoms with Crippen LogP contribution < -0.4 is 5.32 Å². The standard InChI is InChI=1S/C11H18N4O3/c1-14(7-3-10(16)17)11(18)13-4-2-6-15-8-5-12-9-15/h5,8-9H,2-4,6-7H2,1H3,(H,13,18)(H,16,17). The van der Waals surface area contributed by atoms with Gasteiger partial charge in [0.15, 0.2) is 0 Å². The van der Waals surface area contributed by atoms with Gasteiger partial charge in [0.2, 0.25) is 0 Å². The summed E-state index contributed by atoms with van der Waals surface area (Å²) in [5.41, 5.74) is 0. The summed E-state index contributed by atoms with van der Waals surface area (Å²) < 4.78 is 1.93. The third-order valence-electron chi connectivity index (χ3n) is 2.44. The molecule has 0 aliphatic carbocycles. The van der Waals surface area contributed by atoms with E-state index in [9.17, 15) is 9.59 Å². The Balaban J connectivity index is 2.10. The average molecular weight is 254 g/mol. The molecule has 0 aromatic carbocycles. The number of carbonyl (C=O) groups excluding carboxylic acids is 1. The highest BCUT2D eigenvalue weighted by Crippen LogP contribution is 1.91. The highest BCUT2D eigenvalue weighted by molar-refractivity contribution is 5.74. The Labute approximate surface area is 105 Å². The van der Waals surface area contributed by atoms with Crippen molar-refractivity contribution in [3.63, 3.8) is 0 Å². The molecule has 2 N–H and O–H groups in total. The fourth-order valence-corrected chi connectivity index (χ4v) is 1.38. The van der Waals surface area contributed by atoms with E-state index in [-0.39, 0.29) is 19.0 Å². The van der Waals surface area contributed by atoms with Gasteiger partial charge < -0.3 is 19.9 Å². The van der Waals surface area contributed by atoms with Crippen molar-refractivity contribution in [2.45, 2.75) is 19.4 Å². The van der Waals surface area contributed by atoms with Crippen LogP contribution in [0.5, 0.6) is 0 Å². The predicted molar refractivity (Wildman–Crippen MR) is 65.1 cm³/mol. The second kappa shape index (κ2) is 7.31. The maximum absolute atomic E-state index is 11.5. The van der Waals surface area contributed by atoms with Crippen LogP contribution in [0.15, 0.2) is 18.7 Å². The average Bonchev–Trinajstić information content (AvgIpc) is 2.84. The molecule has 0 aliphatic rings. The van der Waals surface area contributed by atoms with Crippen molar-refractivity contribution in [1.29, 1.82) is 0 Å². The second-order valence-corrected chi connectivity index (χ2v) is 3.95. The zero-order valence-electron chi connectivity index (χ0n) is 10.4. The maximum Gasteiger partial charge on any atom is 0.317 e. The van der Waals surface area contributed by atoms with Crippen LogP contribution in [0, 0.1) is 0 Å². The predicted octanol–water partition coefficient (Wildman–Crippen LogP) is 0.389. The van der Waals surface area contributed by atoms with E-state index in [1.165, 1.54) is 4.90 Å². The quantitative estimate of drug-likeness (QED) is 0.689. The summed E-state index contributed by atoms with van der Waals surface area (Å²) in [7, 11) is 1.58. The van der Waals surface area contributed by atoms with Crippen molar-refractivity contribution in [2.24, 2.45) is 0 Å². The lowest BCUT2D eigenvalue weighted by Crippen LogP contribution is -2.38. The van der Waals surface area contributed by atoms with Gasteiger partial charge in [-0.25, -0.2) is 9.78 Å². The minimum Gasteiger partial charge on any atom is -0.481 e. The van der Waals surface area contributed by atoms with E-state index in [1.807, 2.05) is 10.8 Å². The van der Waals surface area contributed by atoms with E-state index in [0.29, 0.717) is 6.54 Å². The first-order valence-corrected chi connectivity index (χ1v) is 5.76. The number of carbonyl (C=O) groups is 2. The molecule has 0 radical (unpaired) electrons. The Kier molecular flexibility index (Phi) is 5.69. The Morgan fingerprint density at radius 2 is 2.28 bits per heavy atom. The first kappa shape index (κ1) is 14.0. The molecule has 1 aromatic rings. The molecule has 2 amide bonds. The molecule has 0 saturated heterocycles. The lowest BCUT2D eigenvalue weighted by Gasteiger charge is -2.16. The van der Waals surface area contributed by atoms with Gasteiger partial charge >= 0.3 is 12.0 Å². The van der Waals surface area contributed by atoms with Crippen LogP contribution in [0.2, 0.25) is 0 Å². The fourth-order valence-electron chi connectivity index (χ4n) is 1.38. The molecule has 0 spiro atoms. The third-order valence-corrected chi connectivity index (χ3v) is 2.44. The van der Waals surface area contributed by atoms with Crippen molar-refractivity contribution >= 4 is 12.0 Å². The number of carboxylic acids is 1. The largest absolute Gasteiger partial charge is 0.481 e. The smallest absolute Gasteiger partial charge is 0.317 e. The zero-order valence-corrected chi connectivity index (χ0v) is 10.4. The number of nitrogens with one attached hydrogen (secondary N) is 1. The Bertz CT molecular complexity index is 378. The first-order chi connectivity index (χ1) is 8.59. The summed E-state index contributed by atoms with van der Waals surface area (Å²) in [4.78, 5) is 27.2. The molecule has 1 rings (SSSR count). The molecule has 0 bridgehead atoms. The number of hydrogen-bond donors (Lipinski definition) is 2. The number of rotatable bonds is 7. The van der Waals surface area contributed by atoms with Gasteiger partial charge in [0.05, 0.1) is 12.7 Å². The number of urea groups is 1. The molecule has 1 aromatic heterocycles. The molecule has 100 valence electrons. The Morgan fingerprint density at radius 3 is 2.89 bits per heavy atom. The van der Waals surface area contributed by atoms with Crippen molar-refractivity contribution < 1.29 is 14.7 Å². The van der Waals surface area contributed by atoms with E-state index in [0.717, 1.165) is 13.0 Å². The lowest BCUT2D eigenvalue weighted by molar-refractivity contribution is -0.137. The van der Waals surface area contributed by atoms with Crippen molar-refractivity contribution in [3.05, 3.63) is 18.7 Å². The van der Waals surface area contributed by atoms with Gasteiger partial charge in [-0.15, -0.1) is 0 Å². The number of imidazole rings is 1. The topological polar surface area (TPSA) is 87.5 Å². The van der Waals surface area contributed by atoms with Gasteiger partial charge in [-0.1, -0.05) is 0 Å². The highest BCUT2D eigenvalue weighted by atomic mass is 16.4. The number of aliphatic carboxylic acids is 1. The first-order valence-electron chi connectivity index (χ1n) is 5.76. The molecule has 1 heterocycles. The molecule has 7 heteroatoms. The van der Waals surface area contributed by atoms with Crippen molar-refractivity contribution in [2.75, 3.05) is 20.1 Å². The number of hydrogen-bond acceptors (Lipinski definition) is 3. The minimum absolute atomic E-state index is 0.0427. The van der Waals surface area contributed by atoms with E-state index in [2.05, 4.69) is 10.3 Å². The molecule has 18 heavy (non-hydrogen) atoms. The summed E-state index contributed by atoms with van der Waals surface area (Å²) in [6.07, 6.45) is 6.05. The van der Waals surface area contributed by atoms with Crippen molar-refractivity contribution in [1.82, 2.24) is 19.8 Å². The van der Waals surface area contributed by atoms with Crippen LogP contribution in [-0.2, 0) is 11.3 Å². The second-order valence-electron chi connectivity index (χ2n) is 3.95. The van der Waals surface area contributed by atoms with Crippen LogP contribution in [0.25, 0.3) is 0 Å². The molecular formula is C11H18N4O3. The number of nitrogens with zero attached hydrogens (tertiary/aromatic N) is 3. The molecule has 0 fully saturated rings. The van der Waals surface area contributed by atoms with E-state index in [1.54, 1.807) is 19.6 Å². The van der Waals surface area contributed by atoms with Gasteiger partial charge in [0, 0.05) is 39.1 Å². The Hall–Kier alpha value is -2.05. The number of aryl methyl sites for hydroxylation is 1. The van der Waals surface area contributed by atoms with E-state index in [4.69, 9.17) is 5.11 Å². The normalized spacial score (nSPS) is 10.1. The van der Waals surface area contributed by atoms with Gasteiger partial charge in [0.1, 0.15) is 0 Å². The molecular weight excluding hydrogens is 236 g/mol. The molecule has 0 aliphatic heterocycles. The molecule has 0 saturated carbocycles. The van der Waals surface area contributed by atoms with Crippen LogP contribution >= 0.6 is 0 Å². The number of amides is 2. The zero-order chi connectivity index (χ0) is 13.4. The van der Waals surface area contributed by atoms with E-state index < -0.39 is 5.97 Å². The van der Waals surface area contributed by atoms with Crippen LogP contribution in [0.4, 0.5) is 4.79 Å². The van der Waals surface area contributed by atoms with Gasteiger partial charge in [-0.2, -0.15) is 0 Å². The summed E-state index contributed by atoms with van der Waals surface area (Å²) >= 11 is 0. The van der Waals surface area contributed by atoms with Gasteiger partial charge in [-0.05, 0) is 6.42 Å².